The number of unbranched alkanes of at least 4 members (excludes halogenated alkanes) is 1. The predicted octanol–water partition coefficient (Wildman–Crippen LogP) is 4.86. The summed E-state index contributed by atoms with van der Waals surface area (Å²) in [7, 11) is 0. The van der Waals surface area contributed by atoms with E-state index in [0.717, 1.165) is 12.1 Å². The Bertz CT molecular complexity index is 642. The van der Waals surface area contributed by atoms with Crippen LogP contribution in [0.25, 0.3) is 5.69 Å². The van der Waals surface area contributed by atoms with E-state index in [4.69, 9.17) is 27.9 Å². The van der Waals surface area contributed by atoms with Crippen molar-refractivity contribution < 1.29 is 4.74 Å². The SMILES string of the molecule is Cl.Clc1ccc(-n2ccc(OCCCCN3CCCC3)n2)cc1Cl. The van der Waals surface area contributed by atoms with Gasteiger partial charge in [-0.05, 0) is 63.5 Å². The van der Waals surface area contributed by atoms with Gasteiger partial charge in [-0.1, -0.05) is 23.2 Å². The third-order valence-corrected chi connectivity index (χ3v) is 4.79. The summed E-state index contributed by atoms with van der Waals surface area (Å²) in [4.78, 5) is 2.53. The van der Waals surface area contributed by atoms with Crippen LogP contribution in [0.4, 0.5) is 0 Å². The van der Waals surface area contributed by atoms with E-state index in [2.05, 4.69) is 10.00 Å². The van der Waals surface area contributed by atoms with Gasteiger partial charge in [0.1, 0.15) is 0 Å². The molecule has 2 aromatic rings. The predicted molar refractivity (Wildman–Crippen MR) is 101 cm³/mol. The molecule has 0 aliphatic carbocycles. The molecule has 3 rings (SSSR count). The van der Waals surface area contributed by atoms with Gasteiger partial charge in [-0.2, -0.15) is 0 Å². The van der Waals surface area contributed by atoms with Crippen LogP contribution in [0.15, 0.2) is 30.5 Å². The fraction of sp³-hybridized carbons (Fsp3) is 0.471. The van der Waals surface area contributed by atoms with E-state index >= 15 is 0 Å². The number of benzene rings is 1. The molecule has 1 aliphatic rings. The van der Waals surface area contributed by atoms with Crippen molar-refractivity contribution in [1.29, 1.82) is 0 Å². The van der Waals surface area contributed by atoms with Gasteiger partial charge in [0.25, 0.3) is 0 Å². The van der Waals surface area contributed by atoms with Crippen molar-refractivity contribution in [3.63, 3.8) is 0 Å². The Hall–Kier alpha value is -0.940. The Morgan fingerprint density at radius 1 is 1.04 bits per heavy atom. The van der Waals surface area contributed by atoms with Gasteiger partial charge in [0.05, 0.1) is 22.3 Å². The lowest BCUT2D eigenvalue weighted by atomic mass is 10.3. The minimum atomic E-state index is 0. The summed E-state index contributed by atoms with van der Waals surface area (Å²) in [6, 6.07) is 7.29. The molecule has 2 heterocycles. The molecule has 1 fully saturated rings. The molecule has 4 nitrogen and oxygen atoms in total. The van der Waals surface area contributed by atoms with E-state index in [9.17, 15) is 0 Å². The maximum atomic E-state index is 6.03. The fourth-order valence-corrected chi connectivity index (χ4v) is 3.07. The van der Waals surface area contributed by atoms with E-state index < -0.39 is 0 Å². The molecule has 0 spiro atoms. The first-order valence-corrected chi connectivity index (χ1v) is 8.84. The minimum Gasteiger partial charge on any atom is -0.477 e. The number of aromatic nitrogens is 2. The Balaban J connectivity index is 0.00000208. The van der Waals surface area contributed by atoms with Crippen LogP contribution in [-0.4, -0.2) is 40.9 Å². The summed E-state index contributed by atoms with van der Waals surface area (Å²) >= 11 is 12.0. The van der Waals surface area contributed by atoms with Gasteiger partial charge in [-0.15, -0.1) is 17.5 Å². The summed E-state index contributed by atoms with van der Waals surface area (Å²) < 4.78 is 7.46. The molecule has 0 bridgehead atoms. The van der Waals surface area contributed by atoms with E-state index in [0.29, 0.717) is 22.5 Å². The second-order valence-corrected chi connectivity index (χ2v) is 6.62. The molecular formula is C17H22Cl3N3O. The normalized spacial score (nSPS) is 14.6. The van der Waals surface area contributed by atoms with Crippen molar-refractivity contribution in [2.24, 2.45) is 0 Å². The molecule has 0 amide bonds. The molecule has 1 aromatic heterocycles. The van der Waals surface area contributed by atoms with Gasteiger partial charge < -0.3 is 9.64 Å². The van der Waals surface area contributed by atoms with E-state index in [-0.39, 0.29) is 12.4 Å². The number of rotatable bonds is 7. The molecule has 0 N–H and O–H groups in total. The van der Waals surface area contributed by atoms with Crippen molar-refractivity contribution in [3.8, 4) is 11.6 Å². The molecule has 24 heavy (non-hydrogen) atoms. The van der Waals surface area contributed by atoms with Crippen molar-refractivity contribution >= 4 is 35.6 Å². The standard InChI is InChI=1S/C17H21Cl2N3O.ClH/c18-15-6-5-14(13-16(15)19)22-11-7-17(20-22)23-12-4-3-10-21-8-1-2-9-21;/h5-7,11,13H,1-4,8-10,12H2;1H. The van der Waals surface area contributed by atoms with Crippen molar-refractivity contribution in [1.82, 2.24) is 14.7 Å². The zero-order valence-electron chi connectivity index (χ0n) is 13.5. The summed E-state index contributed by atoms with van der Waals surface area (Å²) in [5.41, 5.74) is 0.864. The summed E-state index contributed by atoms with van der Waals surface area (Å²) in [5.74, 6) is 0.636. The minimum absolute atomic E-state index is 0. The zero-order valence-corrected chi connectivity index (χ0v) is 15.8. The molecular weight excluding hydrogens is 369 g/mol. The van der Waals surface area contributed by atoms with Gasteiger partial charge in [-0.25, -0.2) is 4.68 Å². The van der Waals surface area contributed by atoms with Crippen LogP contribution < -0.4 is 4.74 Å². The van der Waals surface area contributed by atoms with Crippen LogP contribution in [0, 0.1) is 0 Å². The highest BCUT2D eigenvalue weighted by molar-refractivity contribution is 6.42. The number of likely N-dealkylation sites (tertiary alicyclic amines) is 1. The topological polar surface area (TPSA) is 30.3 Å². The van der Waals surface area contributed by atoms with Gasteiger partial charge >= 0.3 is 0 Å². The quantitative estimate of drug-likeness (QED) is 0.633. The number of hydrogen-bond acceptors (Lipinski definition) is 3. The first-order chi connectivity index (χ1) is 11.2. The third kappa shape index (κ3) is 5.28. The summed E-state index contributed by atoms with van der Waals surface area (Å²) in [6.07, 6.45) is 6.79. The highest BCUT2D eigenvalue weighted by atomic mass is 35.5. The van der Waals surface area contributed by atoms with Gasteiger partial charge in [0.15, 0.2) is 0 Å². The molecule has 7 heteroatoms. The largest absolute Gasteiger partial charge is 0.477 e. The molecule has 0 unspecified atom stereocenters. The molecule has 0 atom stereocenters. The fourth-order valence-electron chi connectivity index (χ4n) is 2.78. The van der Waals surface area contributed by atoms with Crippen LogP contribution in [0.2, 0.25) is 10.0 Å². The molecule has 0 radical (unpaired) electrons. The van der Waals surface area contributed by atoms with E-state index in [1.807, 2.05) is 18.3 Å². The van der Waals surface area contributed by atoms with E-state index in [1.165, 1.54) is 38.9 Å². The Kier molecular flexibility index (Phi) is 7.69. The second-order valence-electron chi connectivity index (χ2n) is 5.80. The van der Waals surface area contributed by atoms with Crippen LogP contribution in [-0.2, 0) is 0 Å². The lowest BCUT2D eigenvalue weighted by molar-refractivity contribution is 0.272. The van der Waals surface area contributed by atoms with E-state index in [1.54, 1.807) is 16.8 Å². The van der Waals surface area contributed by atoms with Crippen molar-refractivity contribution in [2.75, 3.05) is 26.2 Å². The van der Waals surface area contributed by atoms with Crippen molar-refractivity contribution in [3.05, 3.63) is 40.5 Å². The average molecular weight is 391 g/mol. The Labute approximate surface area is 159 Å². The number of nitrogens with zero attached hydrogens (tertiary/aromatic N) is 3. The maximum Gasteiger partial charge on any atom is 0.233 e. The van der Waals surface area contributed by atoms with Gasteiger partial charge in [0.2, 0.25) is 5.88 Å². The molecule has 1 aromatic carbocycles. The second kappa shape index (κ2) is 9.52. The van der Waals surface area contributed by atoms with Crippen molar-refractivity contribution in [2.45, 2.75) is 25.7 Å². The van der Waals surface area contributed by atoms with Crippen LogP contribution in [0.1, 0.15) is 25.7 Å². The third-order valence-electron chi connectivity index (χ3n) is 4.05. The number of halogens is 3. The van der Waals surface area contributed by atoms with Crippen LogP contribution >= 0.6 is 35.6 Å². The molecule has 1 saturated heterocycles. The average Bonchev–Trinajstić information content (AvgIpc) is 3.21. The molecule has 132 valence electrons. The molecule has 1 aliphatic heterocycles. The maximum absolute atomic E-state index is 6.03. The Morgan fingerprint density at radius 3 is 2.58 bits per heavy atom. The lowest BCUT2D eigenvalue weighted by Gasteiger charge is -2.13. The first kappa shape index (κ1) is 19.4. The lowest BCUT2D eigenvalue weighted by Crippen LogP contribution is -2.20. The van der Waals surface area contributed by atoms with Crippen LogP contribution in [0.3, 0.4) is 0 Å². The first-order valence-electron chi connectivity index (χ1n) is 8.08. The smallest absolute Gasteiger partial charge is 0.233 e. The zero-order chi connectivity index (χ0) is 16.1. The number of hydrogen-bond donors (Lipinski definition) is 0. The summed E-state index contributed by atoms with van der Waals surface area (Å²) in [5, 5.41) is 5.47. The number of ether oxygens (including phenoxy) is 1. The van der Waals surface area contributed by atoms with Gasteiger partial charge in [-0.3, -0.25) is 0 Å². The van der Waals surface area contributed by atoms with Crippen LogP contribution in [0.5, 0.6) is 5.88 Å². The highest BCUT2D eigenvalue weighted by Gasteiger charge is 2.10. The highest BCUT2D eigenvalue weighted by Crippen LogP contribution is 2.24. The monoisotopic (exact) mass is 389 g/mol. The van der Waals surface area contributed by atoms with Gasteiger partial charge in [0, 0.05) is 12.3 Å². The molecule has 0 saturated carbocycles. The Morgan fingerprint density at radius 2 is 1.83 bits per heavy atom. The summed E-state index contributed by atoms with van der Waals surface area (Å²) in [6.45, 7) is 4.40.